The highest BCUT2D eigenvalue weighted by Gasteiger charge is 1.84. The topological polar surface area (TPSA) is 49.9 Å². The molecule has 0 spiro atoms. The number of hydrogen-bond acceptors (Lipinski definition) is 2. The smallest absolute Gasteiger partial charge is 0.0802 e. The van der Waals surface area contributed by atoms with Crippen LogP contribution < -0.4 is 5.73 Å². The molecule has 0 fully saturated rings. The van der Waals surface area contributed by atoms with E-state index in [9.17, 15) is 0 Å². The minimum atomic E-state index is -0.399. The van der Waals surface area contributed by atoms with Crippen LogP contribution in [0.1, 0.15) is 0 Å². The predicted molar refractivity (Wildman–Crippen MR) is 48.9 cm³/mol. The van der Waals surface area contributed by atoms with Crippen LogP contribution in [0.25, 0.3) is 0 Å². The lowest BCUT2D eigenvalue weighted by Gasteiger charge is -1.90. The van der Waals surface area contributed by atoms with Gasteiger partial charge in [-0.3, -0.25) is 0 Å². The van der Waals surface area contributed by atoms with E-state index in [2.05, 4.69) is 6.58 Å². The summed E-state index contributed by atoms with van der Waals surface area (Å²) in [6, 6.07) is 0. The van der Waals surface area contributed by atoms with Gasteiger partial charge in [0.15, 0.2) is 0 Å². The summed E-state index contributed by atoms with van der Waals surface area (Å²) in [5.41, 5.74) is 7.12. The lowest BCUT2D eigenvalue weighted by Crippen LogP contribution is -1.91. The van der Waals surface area contributed by atoms with Crippen molar-refractivity contribution in [3.8, 4) is 0 Å². The first-order valence-corrected chi connectivity index (χ1v) is 4.56. The number of rotatable bonds is 4. The zero-order chi connectivity index (χ0) is 7.82. The van der Waals surface area contributed by atoms with E-state index in [1.807, 2.05) is 5.70 Å². The second-order valence-electron chi connectivity index (χ2n) is 1.74. The first kappa shape index (κ1) is 8.91. The predicted octanol–water partition coefficient (Wildman–Crippen LogP) is 0.305. The highest BCUT2D eigenvalue weighted by Crippen LogP contribution is 1.90. The van der Waals surface area contributed by atoms with Gasteiger partial charge < -0.3 is 11.1 Å². The molecule has 0 rings (SSSR count). The quantitative estimate of drug-likeness (QED) is 0.340. The van der Waals surface area contributed by atoms with E-state index >= 15 is 0 Å². The van der Waals surface area contributed by atoms with Crippen LogP contribution in [-0.4, -0.2) is 15.7 Å². The summed E-state index contributed by atoms with van der Waals surface area (Å²) >= 11 is 0. The molecule has 10 heavy (non-hydrogen) atoms. The third-order valence-electron chi connectivity index (χ3n) is 1.05. The average Bonchev–Trinajstić information content (AvgIpc) is 1.98. The largest absolute Gasteiger partial charge is 0.405 e. The molecule has 2 nitrogen and oxygen atoms in total. The lowest BCUT2D eigenvalue weighted by molar-refractivity contribution is 1.57. The number of allylic oxidation sites excluding steroid dienone is 3. The molecule has 0 unspecified atom stereocenters. The maximum Gasteiger partial charge on any atom is 0.0802 e. The molecule has 0 aliphatic carbocycles. The van der Waals surface area contributed by atoms with Gasteiger partial charge in [0.05, 0.1) is 9.52 Å². The minimum Gasteiger partial charge on any atom is -0.405 e. The molecule has 0 aromatic heterocycles. The van der Waals surface area contributed by atoms with Crippen molar-refractivity contribution >= 4 is 15.7 Å². The van der Waals surface area contributed by atoms with Crippen LogP contribution in [0.4, 0.5) is 0 Å². The maximum atomic E-state index is 6.79. The zero-order valence-corrected chi connectivity index (χ0v) is 7.29. The molecule has 0 aliphatic rings. The van der Waals surface area contributed by atoms with E-state index in [-0.39, 0.29) is 0 Å². The van der Waals surface area contributed by atoms with Crippen LogP contribution in [0.3, 0.4) is 0 Å². The highest BCUT2D eigenvalue weighted by atomic mass is 28.2. The summed E-state index contributed by atoms with van der Waals surface area (Å²) < 4.78 is 0. The van der Waals surface area contributed by atoms with Gasteiger partial charge in [-0.05, 0) is 12.3 Å². The molecular formula is C7H12N2Si. The summed E-state index contributed by atoms with van der Waals surface area (Å²) in [5, 5.41) is 7.93. The van der Waals surface area contributed by atoms with E-state index in [4.69, 9.17) is 11.1 Å². The van der Waals surface area contributed by atoms with Crippen LogP contribution in [0.5, 0.6) is 0 Å². The van der Waals surface area contributed by atoms with Gasteiger partial charge in [-0.1, -0.05) is 23.6 Å². The normalized spacial score (nSPS) is 13.0. The molecule has 0 heterocycles. The van der Waals surface area contributed by atoms with Crippen molar-refractivity contribution in [2.24, 2.45) is 5.73 Å². The average molecular weight is 152 g/mol. The molecule has 0 aromatic rings. The fourth-order valence-electron chi connectivity index (χ4n) is 0.531. The van der Waals surface area contributed by atoms with Gasteiger partial charge in [-0.25, -0.2) is 0 Å². The van der Waals surface area contributed by atoms with Crippen molar-refractivity contribution in [2.75, 3.05) is 0 Å². The van der Waals surface area contributed by atoms with Crippen LogP contribution in [-0.2, 0) is 0 Å². The Balaban J connectivity index is 3.94. The van der Waals surface area contributed by atoms with E-state index < -0.39 is 9.52 Å². The first-order valence-electron chi connectivity index (χ1n) is 3.04. The maximum absolute atomic E-state index is 6.79. The van der Waals surface area contributed by atoms with Crippen molar-refractivity contribution < 1.29 is 0 Å². The number of nitrogens with one attached hydrogen (secondary N) is 1. The van der Waals surface area contributed by atoms with E-state index in [0.717, 1.165) is 5.20 Å². The third-order valence-corrected chi connectivity index (χ3v) is 2.55. The molecule has 0 saturated carbocycles. The van der Waals surface area contributed by atoms with Gasteiger partial charge >= 0.3 is 0 Å². The van der Waals surface area contributed by atoms with Gasteiger partial charge in [0.25, 0.3) is 0 Å². The fraction of sp³-hybridized carbons (Fsp3) is 0. The highest BCUT2D eigenvalue weighted by molar-refractivity contribution is 6.52. The molecule has 0 bridgehead atoms. The Kier molecular flexibility index (Phi) is 5.37. The van der Waals surface area contributed by atoms with Gasteiger partial charge in [-0.15, -0.1) is 0 Å². The molecule has 3 heteroatoms. The van der Waals surface area contributed by atoms with Crippen LogP contribution in [0, 0.1) is 5.41 Å². The van der Waals surface area contributed by atoms with Crippen molar-refractivity contribution in [3.63, 3.8) is 0 Å². The first-order chi connectivity index (χ1) is 4.85. The molecule has 3 N–H and O–H groups in total. The Morgan fingerprint density at radius 3 is 2.70 bits per heavy atom. The second-order valence-corrected chi connectivity index (χ2v) is 3.44. The third kappa shape index (κ3) is 3.85. The minimum absolute atomic E-state index is 0.399. The van der Waals surface area contributed by atoms with Gasteiger partial charge in [0.2, 0.25) is 0 Å². The Morgan fingerprint density at radius 1 is 1.60 bits per heavy atom. The SMILES string of the molecule is C=C/C(=C/C=N)[SiH2]/C=C\N. The van der Waals surface area contributed by atoms with E-state index in [1.165, 1.54) is 6.21 Å². The molecule has 0 amide bonds. The Hall–Kier alpha value is -1.09. The second kappa shape index (κ2) is 6.03. The molecule has 0 atom stereocenters. The van der Waals surface area contributed by atoms with Gasteiger partial charge in [-0.2, -0.15) is 0 Å². The summed E-state index contributed by atoms with van der Waals surface area (Å²) in [5.74, 6) is 0. The monoisotopic (exact) mass is 152 g/mol. The van der Waals surface area contributed by atoms with Crippen molar-refractivity contribution in [2.45, 2.75) is 0 Å². The standard InChI is InChI=1S/C7H12N2Si/c1-2-7(3-4-8)10-6-5-9/h2-6,8H,1,9-10H2/b6-5-,7-3-,8-4?. The van der Waals surface area contributed by atoms with Crippen LogP contribution in [0.15, 0.2) is 35.8 Å². The van der Waals surface area contributed by atoms with Crippen LogP contribution in [0.2, 0.25) is 0 Å². The molecule has 0 aromatic carbocycles. The summed E-state index contributed by atoms with van der Waals surface area (Å²) in [6.45, 7) is 3.62. The van der Waals surface area contributed by atoms with Crippen molar-refractivity contribution in [3.05, 3.63) is 35.8 Å². The molecular weight excluding hydrogens is 140 g/mol. The van der Waals surface area contributed by atoms with Crippen molar-refractivity contribution in [1.82, 2.24) is 0 Å². The number of nitrogens with two attached hydrogens (primary N) is 1. The fourth-order valence-corrected chi connectivity index (χ4v) is 1.36. The van der Waals surface area contributed by atoms with Crippen molar-refractivity contribution in [1.29, 1.82) is 5.41 Å². The van der Waals surface area contributed by atoms with Gasteiger partial charge in [0, 0.05) is 6.21 Å². The molecule has 0 saturated heterocycles. The Bertz CT molecular complexity index is 170. The Labute approximate surface area is 63.5 Å². The lowest BCUT2D eigenvalue weighted by atomic mass is 10.5. The summed E-state index contributed by atoms with van der Waals surface area (Å²) in [4.78, 5) is 0. The molecule has 0 radical (unpaired) electrons. The Morgan fingerprint density at radius 2 is 2.30 bits per heavy atom. The summed E-state index contributed by atoms with van der Waals surface area (Å²) in [7, 11) is -0.399. The van der Waals surface area contributed by atoms with E-state index in [0.29, 0.717) is 0 Å². The molecule has 54 valence electrons. The summed E-state index contributed by atoms with van der Waals surface area (Å²) in [6.07, 6.45) is 6.35. The zero-order valence-electron chi connectivity index (χ0n) is 5.88. The van der Waals surface area contributed by atoms with E-state index in [1.54, 1.807) is 18.4 Å². The molecule has 0 aliphatic heterocycles. The number of hydrogen-bond donors (Lipinski definition) is 2. The van der Waals surface area contributed by atoms with Crippen LogP contribution >= 0.6 is 0 Å². The van der Waals surface area contributed by atoms with Gasteiger partial charge in [0.1, 0.15) is 0 Å².